The Bertz CT molecular complexity index is 406. The molecular formula is C12H23NNa2O8S. The summed E-state index contributed by atoms with van der Waals surface area (Å²) in [6.45, 7) is 2.14. The van der Waals surface area contributed by atoms with E-state index < -0.39 is 22.0 Å². The van der Waals surface area contributed by atoms with Crippen molar-refractivity contribution < 1.29 is 96.9 Å². The normalized spacial score (nSPS) is 9.46. The fourth-order valence-electron chi connectivity index (χ4n) is 1.47. The first kappa shape index (κ1) is 32.3. The third-order valence-electron chi connectivity index (χ3n) is 2.51. The first-order valence-corrected chi connectivity index (χ1v) is 8.56. The zero-order valence-electron chi connectivity index (χ0n) is 14.6. The van der Waals surface area contributed by atoms with Gasteiger partial charge in [0.05, 0.1) is 5.75 Å². The van der Waals surface area contributed by atoms with Gasteiger partial charge in [-0.05, 0) is 6.42 Å². The van der Waals surface area contributed by atoms with Crippen molar-refractivity contribution in [1.29, 1.82) is 0 Å². The molecule has 132 valence electrons. The van der Waals surface area contributed by atoms with Gasteiger partial charge in [-0.15, -0.1) is 0 Å². The van der Waals surface area contributed by atoms with Gasteiger partial charge >= 0.3 is 59.1 Å². The molecule has 0 aliphatic heterocycles. The van der Waals surface area contributed by atoms with Gasteiger partial charge in [-0.2, -0.15) is 8.42 Å². The second-order valence-corrected chi connectivity index (χ2v) is 6.06. The van der Waals surface area contributed by atoms with Gasteiger partial charge in [-0.3, -0.25) is 9.35 Å². The Hall–Kier alpha value is 0.610. The van der Waals surface area contributed by atoms with Crippen molar-refractivity contribution in [3.8, 4) is 0 Å². The minimum absolute atomic E-state index is 0. The molecule has 0 saturated heterocycles. The molecular weight excluding hydrogens is 364 g/mol. The van der Waals surface area contributed by atoms with E-state index in [9.17, 15) is 13.2 Å². The zero-order chi connectivity index (χ0) is 17.4. The summed E-state index contributed by atoms with van der Waals surface area (Å²) in [5.74, 6) is -0.570. The maximum atomic E-state index is 11.2. The molecule has 0 aromatic carbocycles. The van der Waals surface area contributed by atoms with E-state index in [1.165, 1.54) is 19.3 Å². The summed E-state index contributed by atoms with van der Waals surface area (Å²) in [7, 11) is -3.97. The molecule has 0 radical (unpaired) electrons. The number of carboxylic acid groups (broad SMARTS) is 1. The molecule has 0 aromatic rings. The molecule has 0 fully saturated rings. The summed E-state index contributed by atoms with van der Waals surface area (Å²) < 4.78 is 29.2. The Morgan fingerprint density at radius 3 is 1.96 bits per heavy atom. The number of amides is 1. The van der Waals surface area contributed by atoms with E-state index in [2.05, 4.69) is 17.1 Å². The van der Waals surface area contributed by atoms with Gasteiger partial charge in [-0.25, -0.2) is 0 Å². The number of hydrogen-bond donors (Lipinski definition) is 2. The van der Waals surface area contributed by atoms with Crippen LogP contribution in [0.15, 0.2) is 0 Å². The van der Waals surface area contributed by atoms with E-state index in [1.54, 1.807) is 0 Å². The number of nitrogens with one attached hydrogen (secondary N) is 1. The molecule has 0 spiro atoms. The van der Waals surface area contributed by atoms with Crippen LogP contribution in [0.3, 0.4) is 0 Å². The average molecular weight is 387 g/mol. The van der Waals surface area contributed by atoms with Crippen LogP contribution in [0, 0.1) is 0 Å². The SMILES string of the molecule is CCCCCCCCC(=O)NCCS(=O)(=O)O.O=C([O-])O[O-].[Na+].[Na+]. The summed E-state index contributed by atoms with van der Waals surface area (Å²) in [6, 6.07) is 0. The monoisotopic (exact) mass is 387 g/mol. The van der Waals surface area contributed by atoms with Crippen LogP contribution in [0.2, 0.25) is 0 Å². The topological polar surface area (TPSA) is 156 Å². The van der Waals surface area contributed by atoms with Crippen molar-refractivity contribution in [2.24, 2.45) is 0 Å². The molecule has 0 unspecified atom stereocenters. The second kappa shape index (κ2) is 21.7. The van der Waals surface area contributed by atoms with Crippen LogP contribution < -0.4 is 74.8 Å². The number of unbranched alkanes of at least 4 members (excludes halogenated alkanes) is 5. The molecule has 0 bridgehead atoms. The smallest absolute Gasteiger partial charge is 0.755 e. The van der Waals surface area contributed by atoms with Gasteiger partial charge in [0, 0.05) is 13.0 Å². The van der Waals surface area contributed by atoms with E-state index in [0.717, 1.165) is 19.3 Å². The molecule has 0 saturated carbocycles. The molecule has 0 rings (SSSR count). The molecule has 1 amide bonds. The number of carbonyl (C=O) groups is 2. The minimum atomic E-state index is -3.97. The van der Waals surface area contributed by atoms with Crippen LogP contribution in [0.4, 0.5) is 4.79 Å². The van der Waals surface area contributed by atoms with Crippen molar-refractivity contribution in [1.82, 2.24) is 5.32 Å². The van der Waals surface area contributed by atoms with Crippen molar-refractivity contribution in [2.75, 3.05) is 12.3 Å². The van der Waals surface area contributed by atoms with Crippen LogP contribution in [-0.2, 0) is 19.8 Å². The summed E-state index contributed by atoms with van der Waals surface area (Å²) in [6.07, 6.45) is 5.04. The first-order valence-electron chi connectivity index (χ1n) is 6.95. The van der Waals surface area contributed by atoms with Gasteiger partial charge in [0.1, 0.15) is 0 Å². The Kier molecular flexibility index (Phi) is 29.1. The van der Waals surface area contributed by atoms with Gasteiger partial charge in [0.2, 0.25) is 12.1 Å². The summed E-state index contributed by atoms with van der Waals surface area (Å²) in [5, 5.41) is 19.7. The van der Waals surface area contributed by atoms with Crippen molar-refractivity contribution >= 4 is 22.2 Å². The Balaban J connectivity index is -0.000000250. The molecule has 0 heterocycles. The number of rotatable bonds is 10. The van der Waals surface area contributed by atoms with E-state index in [0.29, 0.717) is 6.42 Å². The molecule has 0 aromatic heterocycles. The second-order valence-electron chi connectivity index (χ2n) is 4.49. The standard InChI is InChI=1S/C11H23NO4S.CH2O4.2Na/c1-2-3-4-5-6-7-8-11(13)12-9-10-17(14,15)16;2-1(3)5-4;;/h2-10H2,1H3,(H,12,13)(H,14,15,16);4H,(H,2,3);;/q;;2*+1/p-2. The van der Waals surface area contributed by atoms with Crippen LogP contribution in [-0.4, -0.2) is 37.3 Å². The molecule has 24 heavy (non-hydrogen) atoms. The third kappa shape index (κ3) is 34.0. The Morgan fingerprint density at radius 2 is 1.54 bits per heavy atom. The van der Waals surface area contributed by atoms with Crippen molar-refractivity contribution in [2.45, 2.75) is 51.9 Å². The van der Waals surface area contributed by atoms with E-state index in [-0.39, 0.29) is 71.6 Å². The molecule has 12 heteroatoms. The van der Waals surface area contributed by atoms with Crippen LogP contribution in [0.25, 0.3) is 0 Å². The maximum Gasteiger partial charge on any atom is 1.00 e. The third-order valence-corrected chi connectivity index (χ3v) is 3.23. The van der Waals surface area contributed by atoms with Crippen LogP contribution in [0.1, 0.15) is 51.9 Å². The van der Waals surface area contributed by atoms with Gasteiger partial charge < -0.3 is 25.4 Å². The van der Waals surface area contributed by atoms with E-state index in [4.69, 9.17) is 19.7 Å². The van der Waals surface area contributed by atoms with Gasteiger partial charge in [0.25, 0.3) is 10.1 Å². The summed E-state index contributed by atoms with van der Waals surface area (Å²) in [4.78, 5) is 22.3. The van der Waals surface area contributed by atoms with Crippen LogP contribution in [0.5, 0.6) is 0 Å². The maximum absolute atomic E-state index is 11.2. The predicted octanol–water partition coefficient (Wildman–Crippen LogP) is -6.63. The van der Waals surface area contributed by atoms with Crippen molar-refractivity contribution in [3.05, 3.63) is 0 Å². The van der Waals surface area contributed by atoms with Gasteiger partial charge in [0.15, 0.2) is 0 Å². The molecule has 0 aliphatic rings. The average Bonchev–Trinajstić information content (AvgIpc) is 2.42. The fourth-order valence-corrected chi connectivity index (χ4v) is 1.83. The minimum Gasteiger partial charge on any atom is -0.755 e. The number of hydrogen-bond acceptors (Lipinski definition) is 7. The zero-order valence-corrected chi connectivity index (χ0v) is 19.4. The Morgan fingerprint density at radius 1 is 1.08 bits per heavy atom. The molecule has 2 N–H and O–H groups in total. The summed E-state index contributed by atoms with van der Waals surface area (Å²) in [5.41, 5.74) is 0. The molecule has 0 atom stereocenters. The predicted molar refractivity (Wildman–Crippen MR) is 73.9 cm³/mol. The van der Waals surface area contributed by atoms with Gasteiger partial charge in [-0.1, -0.05) is 39.0 Å². The fraction of sp³-hybridized carbons (Fsp3) is 0.833. The van der Waals surface area contributed by atoms with Crippen molar-refractivity contribution in [3.63, 3.8) is 0 Å². The quantitative estimate of drug-likeness (QED) is 0.123. The first-order chi connectivity index (χ1) is 10.2. The largest absolute Gasteiger partial charge is 1.00 e. The van der Waals surface area contributed by atoms with Crippen LogP contribution >= 0.6 is 0 Å². The van der Waals surface area contributed by atoms with E-state index >= 15 is 0 Å². The number of carbonyl (C=O) groups excluding carboxylic acids is 2. The van der Waals surface area contributed by atoms with E-state index in [1.807, 2.05) is 0 Å². The molecule has 0 aliphatic carbocycles. The Labute approximate surface area is 187 Å². The molecule has 9 nitrogen and oxygen atoms in total. The summed E-state index contributed by atoms with van der Waals surface area (Å²) >= 11 is 0.